The summed E-state index contributed by atoms with van der Waals surface area (Å²) < 4.78 is 0. The van der Waals surface area contributed by atoms with Gasteiger partial charge in [-0.3, -0.25) is 4.79 Å². The average molecular weight is 297 g/mol. The first kappa shape index (κ1) is 17.0. The second kappa shape index (κ2) is 8.28. The van der Waals surface area contributed by atoms with Crippen molar-refractivity contribution >= 4 is 18.3 Å². The Labute approximate surface area is 127 Å². The molecule has 1 atom stereocenters. The molecule has 0 heterocycles. The van der Waals surface area contributed by atoms with Gasteiger partial charge in [0.2, 0.25) is 5.91 Å². The number of nitrogens with one attached hydrogen (secondary N) is 1. The van der Waals surface area contributed by atoms with Crippen LogP contribution in [-0.2, 0) is 4.79 Å². The van der Waals surface area contributed by atoms with Crippen molar-refractivity contribution in [1.29, 1.82) is 0 Å². The second-order valence-electron chi connectivity index (χ2n) is 5.76. The Morgan fingerprint density at radius 2 is 1.85 bits per heavy atom. The van der Waals surface area contributed by atoms with Crippen LogP contribution in [0.3, 0.4) is 0 Å². The first-order valence-corrected chi connectivity index (χ1v) is 7.25. The Morgan fingerprint density at radius 1 is 1.25 bits per heavy atom. The zero-order chi connectivity index (χ0) is 13.7. The van der Waals surface area contributed by atoms with Crippen molar-refractivity contribution in [2.24, 2.45) is 17.6 Å². The quantitative estimate of drug-likeness (QED) is 0.897. The summed E-state index contributed by atoms with van der Waals surface area (Å²) >= 11 is 0. The standard InChI is InChI=1S/C16H24N2O.ClH/c1-12-7-9-13(10-8-12)11-18-16(19)15(17)14-5-3-2-4-6-14;/h2-6,12-13,15H,7-11,17H2,1H3,(H,18,19);1H. The third-order valence-electron chi connectivity index (χ3n) is 4.14. The molecule has 1 aliphatic rings. The Hall–Kier alpha value is -1.06. The van der Waals surface area contributed by atoms with E-state index in [4.69, 9.17) is 5.73 Å². The maximum absolute atomic E-state index is 12.0. The Morgan fingerprint density at radius 3 is 2.45 bits per heavy atom. The van der Waals surface area contributed by atoms with Gasteiger partial charge in [0.05, 0.1) is 0 Å². The molecule has 1 aromatic carbocycles. The number of hydrogen-bond acceptors (Lipinski definition) is 2. The Balaban J connectivity index is 0.00000200. The van der Waals surface area contributed by atoms with Crippen molar-refractivity contribution in [2.45, 2.75) is 38.6 Å². The molecule has 3 N–H and O–H groups in total. The molecule has 0 aliphatic heterocycles. The van der Waals surface area contributed by atoms with Gasteiger partial charge in [-0.2, -0.15) is 0 Å². The van der Waals surface area contributed by atoms with Crippen LogP contribution in [0.25, 0.3) is 0 Å². The van der Waals surface area contributed by atoms with Gasteiger partial charge in [-0.1, -0.05) is 50.1 Å². The average Bonchev–Trinajstić information content (AvgIpc) is 2.46. The summed E-state index contributed by atoms with van der Waals surface area (Å²) in [6.45, 7) is 3.08. The largest absolute Gasteiger partial charge is 0.354 e. The lowest BCUT2D eigenvalue weighted by atomic mass is 9.83. The zero-order valence-corrected chi connectivity index (χ0v) is 12.9. The first-order valence-electron chi connectivity index (χ1n) is 7.25. The highest BCUT2D eigenvalue weighted by atomic mass is 35.5. The molecule has 0 bridgehead atoms. The lowest BCUT2D eigenvalue weighted by Gasteiger charge is -2.26. The topological polar surface area (TPSA) is 55.1 Å². The van der Waals surface area contributed by atoms with Crippen LogP contribution in [0.15, 0.2) is 30.3 Å². The molecule has 3 nitrogen and oxygen atoms in total. The first-order chi connectivity index (χ1) is 9.16. The predicted octanol–water partition coefficient (Wildman–Crippen LogP) is 3.05. The predicted molar refractivity (Wildman–Crippen MR) is 84.8 cm³/mol. The molecule has 1 aromatic rings. The van der Waals surface area contributed by atoms with Gasteiger partial charge in [0.25, 0.3) is 0 Å². The van der Waals surface area contributed by atoms with E-state index < -0.39 is 6.04 Å². The van der Waals surface area contributed by atoms with Gasteiger partial charge in [0.15, 0.2) is 0 Å². The number of carbonyl (C=O) groups is 1. The van der Waals surface area contributed by atoms with E-state index in [0.29, 0.717) is 5.92 Å². The van der Waals surface area contributed by atoms with Crippen molar-refractivity contribution in [2.75, 3.05) is 6.54 Å². The van der Waals surface area contributed by atoms with Crippen molar-refractivity contribution in [3.63, 3.8) is 0 Å². The molecular formula is C16H25ClN2O. The van der Waals surface area contributed by atoms with E-state index in [9.17, 15) is 4.79 Å². The molecule has 0 spiro atoms. The summed E-state index contributed by atoms with van der Waals surface area (Å²) in [5, 5.41) is 3.00. The normalized spacial score (nSPS) is 23.5. The number of rotatable bonds is 4. The minimum Gasteiger partial charge on any atom is -0.354 e. The van der Waals surface area contributed by atoms with Crippen molar-refractivity contribution in [3.8, 4) is 0 Å². The van der Waals surface area contributed by atoms with E-state index in [1.807, 2.05) is 30.3 Å². The SMILES string of the molecule is CC1CCC(CNC(=O)C(N)c2ccccc2)CC1.Cl. The number of hydrogen-bond donors (Lipinski definition) is 2. The smallest absolute Gasteiger partial charge is 0.241 e. The molecule has 0 saturated heterocycles. The highest BCUT2D eigenvalue weighted by molar-refractivity contribution is 5.85. The Bertz CT molecular complexity index is 402. The van der Waals surface area contributed by atoms with Crippen LogP contribution in [0.5, 0.6) is 0 Å². The van der Waals surface area contributed by atoms with Crippen LogP contribution in [0.4, 0.5) is 0 Å². The van der Waals surface area contributed by atoms with E-state index >= 15 is 0 Å². The van der Waals surface area contributed by atoms with E-state index in [1.165, 1.54) is 25.7 Å². The molecule has 2 rings (SSSR count). The molecule has 4 heteroatoms. The van der Waals surface area contributed by atoms with Crippen molar-refractivity contribution in [3.05, 3.63) is 35.9 Å². The lowest BCUT2D eigenvalue weighted by Crippen LogP contribution is -2.37. The molecule has 1 unspecified atom stereocenters. The molecule has 0 aromatic heterocycles. The summed E-state index contributed by atoms with van der Waals surface area (Å²) in [5.41, 5.74) is 6.84. The van der Waals surface area contributed by atoms with Crippen LogP contribution in [-0.4, -0.2) is 12.5 Å². The molecule has 1 aliphatic carbocycles. The van der Waals surface area contributed by atoms with Crippen LogP contribution in [0.1, 0.15) is 44.2 Å². The van der Waals surface area contributed by atoms with Crippen LogP contribution in [0, 0.1) is 11.8 Å². The Kier molecular flexibility index (Phi) is 7.03. The van der Waals surface area contributed by atoms with Gasteiger partial charge in [0.1, 0.15) is 6.04 Å². The zero-order valence-electron chi connectivity index (χ0n) is 12.0. The molecule has 112 valence electrons. The van der Waals surface area contributed by atoms with E-state index in [1.54, 1.807) is 0 Å². The highest BCUT2D eigenvalue weighted by Gasteiger charge is 2.20. The fourth-order valence-corrected chi connectivity index (χ4v) is 2.70. The van der Waals surface area contributed by atoms with Crippen LogP contribution < -0.4 is 11.1 Å². The van der Waals surface area contributed by atoms with Gasteiger partial charge >= 0.3 is 0 Å². The van der Waals surface area contributed by atoms with Gasteiger partial charge in [-0.15, -0.1) is 12.4 Å². The van der Waals surface area contributed by atoms with Gasteiger partial charge in [-0.25, -0.2) is 0 Å². The number of benzene rings is 1. The van der Waals surface area contributed by atoms with Crippen LogP contribution in [0.2, 0.25) is 0 Å². The monoisotopic (exact) mass is 296 g/mol. The van der Waals surface area contributed by atoms with Gasteiger partial charge < -0.3 is 11.1 Å². The summed E-state index contributed by atoms with van der Waals surface area (Å²) in [7, 11) is 0. The highest BCUT2D eigenvalue weighted by Crippen LogP contribution is 2.27. The lowest BCUT2D eigenvalue weighted by molar-refractivity contribution is -0.122. The van der Waals surface area contributed by atoms with E-state index in [-0.39, 0.29) is 18.3 Å². The minimum atomic E-state index is -0.552. The van der Waals surface area contributed by atoms with Crippen molar-refractivity contribution < 1.29 is 4.79 Å². The molecule has 1 amide bonds. The maximum Gasteiger partial charge on any atom is 0.241 e. The molecule has 20 heavy (non-hydrogen) atoms. The van der Waals surface area contributed by atoms with Crippen molar-refractivity contribution in [1.82, 2.24) is 5.32 Å². The summed E-state index contributed by atoms with van der Waals surface area (Å²) in [5.74, 6) is 1.41. The summed E-state index contributed by atoms with van der Waals surface area (Å²) in [4.78, 5) is 12.0. The second-order valence-corrected chi connectivity index (χ2v) is 5.76. The number of nitrogens with two attached hydrogens (primary N) is 1. The third kappa shape index (κ3) is 4.80. The number of amides is 1. The van der Waals surface area contributed by atoms with Gasteiger partial charge in [0, 0.05) is 6.54 Å². The molecular weight excluding hydrogens is 272 g/mol. The third-order valence-corrected chi connectivity index (χ3v) is 4.14. The van der Waals surface area contributed by atoms with Crippen LogP contribution >= 0.6 is 12.4 Å². The minimum absolute atomic E-state index is 0. The molecule has 0 radical (unpaired) electrons. The summed E-state index contributed by atoms with van der Waals surface area (Å²) in [6, 6.07) is 8.98. The van der Waals surface area contributed by atoms with E-state index in [2.05, 4.69) is 12.2 Å². The fraction of sp³-hybridized carbons (Fsp3) is 0.562. The van der Waals surface area contributed by atoms with Gasteiger partial charge in [-0.05, 0) is 30.2 Å². The number of halogens is 1. The summed E-state index contributed by atoms with van der Waals surface area (Å²) in [6.07, 6.45) is 5.01. The maximum atomic E-state index is 12.0. The number of carbonyl (C=O) groups excluding carboxylic acids is 1. The molecule has 1 saturated carbocycles. The fourth-order valence-electron chi connectivity index (χ4n) is 2.70. The van der Waals surface area contributed by atoms with E-state index in [0.717, 1.165) is 18.0 Å². The molecule has 1 fully saturated rings.